The Morgan fingerprint density at radius 2 is 1.88 bits per heavy atom. The molecule has 2 unspecified atom stereocenters. The molecular weight excluding hydrogens is 212 g/mol. The zero-order valence-corrected chi connectivity index (χ0v) is 9.48. The van der Waals surface area contributed by atoms with Crippen molar-refractivity contribution in [1.29, 1.82) is 0 Å². The van der Waals surface area contributed by atoms with Crippen LogP contribution in [-0.2, 0) is 19.1 Å². The third-order valence-electron chi connectivity index (χ3n) is 2.88. The summed E-state index contributed by atoms with van der Waals surface area (Å²) in [5, 5.41) is 8.54. The van der Waals surface area contributed by atoms with Crippen LogP contribution in [0, 0.1) is 11.8 Å². The quantitative estimate of drug-likeness (QED) is 0.712. The predicted molar refractivity (Wildman–Crippen MR) is 55.5 cm³/mol. The van der Waals surface area contributed by atoms with Crippen LogP contribution in [0.1, 0.15) is 25.7 Å². The number of rotatable bonds is 4. The van der Waals surface area contributed by atoms with Gasteiger partial charge in [0.1, 0.15) is 6.61 Å². The normalized spacial score (nSPS) is 24.9. The maximum absolute atomic E-state index is 11.5. The van der Waals surface area contributed by atoms with Crippen molar-refractivity contribution in [2.24, 2.45) is 11.8 Å². The molecule has 0 bridgehead atoms. The summed E-state index contributed by atoms with van der Waals surface area (Å²) in [7, 11) is 1.36. The zero-order chi connectivity index (χ0) is 12.0. The van der Waals surface area contributed by atoms with E-state index in [0.717, 1.165) is 19.3 Å². The molecule has 1 aliphatic carbocycles. The third kappa shape index (κ3) is 3.48. The average molecular weight is 230 g/mol. The Hall–Kier alpha value is -1.10. The molecule has 0 heterocycles. The monoisotopic (exact) mass is 230 g/mol. The van der Waals surface area contributed by atoms with Crippen LogP contribution in [0.4, 0.5) is 0 Å². The molecule has 1 saturated carbocycles. The number of esters is 2. The second kappa shape index (κ2) is 6.48. The molecule has 0 aromatic rings. The van der Waals surface area contributed by atoms with E-state index in [4.69, 9.17) is 9.84 Å². The molecule has 2 atom stereocenters. The van der Waals surface area contributed by atoms with Gasteiger partial charge in [0.2, 0.25) is 0 Å². The number of aliphatic hydroxyl groups is 1. The van der Waals surface area contributed by atoms with Gasteiger partial charge in [-0.05, 0) is 19.3 Å². The highest BCUT2D eigenvalue weighted by molar-refractivity contribution is 5.76. The van der Waals surface area contributed by atoms with Crippen LogP contribution in [0.15, 0.2) is 0 Å². The molecule has 0 aromatic carbocycles. The molecule has 0 aromatic heterocycles. The maximum Gasteiger partial charge on any atom is 0.309 e. The number of ether oxygens (including phenoxy) is 2. The fourth-order valence-corrected chi connectivity index (χ4v) is 2.05. The minimum atomic E-state index is -0.317. The van der Waals surface area contributed by atoms with E-state index >= 15 is 0 Å². The van der Waals surface area contributed by atoms with Gasteiger partial charge in [-0.15, -0.1) is 0 Å². The van der Waals surface area contributed by atoms with Crippen LogP contribution in [0.5, 0.6) is 0 Å². The van der Waals surface area contributed by atoms with Crippen molar-refractivity contribution >= 4 is 11.9 Å². The van der Waals surface area contributed by atoms with Gasteiger partial charge in [-0.3, -0.25) is 9.59 Å². The Bertz CT molecular complexity index is 251. The van der Waals surface area contributed by atoms with Gasteiger partial charge in [-0.1, -0.05) is 6.42 Å². The zero-order valence-electron chi connectivity index (χ0n) is 9.48. The lowest BCUT2D eigenvalue weighted by atomic mass is 9.81. The van der Waals surface area contributed by atoms with Crippen molar-refractivity contribution < 1.29 is 24.2 Å². The van der Waals surface area contributed by atoms with Gasteiger partial charge < -0.3 is 14.6 Å². The molecule has 0 aliphatic heterocycles. The van der Waals surface area contributed by atoms with E-state index in [1.54, 1.807) is 0 Å². The number of methoxy groups -OCH3 is 1. The molecule has 0 radical (unpaired) electrons. The van der Waals surface area contributed by atoms with E-state index in [-0.39, 0.29) is 37.0 Å². The van der Waals surface area contributed by atoms with Gasteiger partial charge in [0.05, 0.1) is 25.6 Å². The van der Waals surface area contributed by atoms with Gasteiger partial charge in [0.25, 0.3) is 0 Å². The minimum absolute atomic E-state index is 0.0260. The summed E-state index contributed by atoms with van der Waals surface area (Å²) in [6, 6.07) is 0. The van der Waals surface area contributed by atoms with E-state index in [9.17, 15) is 9.59 Å². The van der Waals surface area contributed by atoms with Crippen molar-refractivity contribution in [3.8, 4) is 0 Å². The van der Waals surface area contributed by atoms with E-state index in [2.05, 4.69) is 4.74 Å². The molecule has 0 spiro atoms. The van der Waals surface area contributed by atoms with Crippen molar-refractivity contribution in [2.45, 2.75) is 25.7 Å². The Labute approximate surface area is 94.7 Å². The number of carbonyl (C=O) groups excluding carboxylic acids is 2. The number of hydrogen-bond acceptors (Lipinski definition) is 5. The summed E-state index contributed by atoms with van der Waals surface area (Å²) >= 11 is 0. The SMILES string of the molecule is COC(=O)C1CCCC(C(=O)OCCO)C1. The van der Waals surface area contributed by atoms with E-state index in [0.29, 0.717) is 6.42 Å². The van der Waals surface area contributed by atoms with Crippen LogP contribution < -0.4 is 0 Å². The highest BCUT2D eigenvalue weighted by Crippen LogP contribution is 2.30. The topological polar surface area (TPSA) is 72.8 Å². The molecule has 5 heteroatoms. The lowest BCUT2D eigenvalue weighted by Gasteiger charge is -2.25. The second-order valence-corrected chi connectivity index (χ2v) is 3.97. The standard InChI is InChI=1S/C11H18O5/c1-15-10(13)8-3-2-4-9(7-8)11(14)16-6-5-12/h8-9,12H,2-7H2,1H3. The van der Waals surface area contributed by atoms with Gasteiger partial charge in [-0.25, -0.2) is 0 Å². The van der Waals surface area contributed by atoms with E-state index < -0.39 is 0 Å². The molecule has 92 valence electrons. The first-order chi connectivity index (χ1) is 7.69. The summed E-state index contributed by atoms with van der Waals surface area (Å²) in [5.41, 5.74) is 0. The second-order valence-electron chi connectivity index (χ2n) is 3.97. The number of hydrogen-bond donors (Lipinski definition) is 1. The Balaban J connectivity index is 2.43. The van der Waals surface area contributed by atoms with Gasteiger partial charge in [0, 0.05) is 0 Å². The van der Waals surface area contributed by atoms with Crippen molar-refractivity contribution in [2.75, 3.05) is 20.3 Å². The van der Waals surface area contributed by atoms with Gasteiger partial charge in [-0.2, -0.15) is 0 Å². The summed E-state index contributed by atoms with van der Waals surface area (Å²) in [6.07, 6.45) is 2.85. The highest BCUT2D eigenvalue weighted by atomic mass is 16.5. The summed E-state index contributed by atoms with van der Waals surface area (Å²) in [6.45, 7) is -0.142. The molecule has 0 amide bonds. The fourth-order valence-electron chi connectivity index (χ4n) is 2.05. The Morgan fingerprint density at radius 3 is 2.44 bits per heavy atom. The molecule has 1 aliphatic rings. The summed E-state index contributed by atoms with van der Waals surface area (Å²) in [4.78, 5) is 22.9. The lowest BCUT2D eigenvalue weighted by molar-refractivity contribution is -0.154. The van der Waals surface area contributed by atoms with Crippen LogP contribution in [0.3, 0.4) is 0 Å². The van der Waals surface area contributed by atoms with Crippen LogP contribution in [-0.4, -0.2) is 37.4 Å². The van der Waals surface area contributed by atoms with Gasteiger partial charge in [0.15, 0.2) is 0 Å². The van der Waals surface area contributed by atoms with Crippen molar-refractivity contribution in [3.63, 3.8) is 0 Å². The molecular formula is C11H18O5. The molecule has 1 fully saturated rings. The highest BCUT2D eigenvalue weighted by Gasteiger charge is 2.32. The molecule has 1 rings (SSSR count). The fraction of sp³-hybridized carbons (Fsp3) is 0.818. The number of carbonyl (C=O) groups is 2. The smallest absolute Gasteiger partial charge is 0.309 e. The average Bonchev–Trinajstić information content (AvgIpc) is 2.35. The first kappa shape index (κ1) is 13.0. The third-order valence-corrected chi connectivity index (χ3v) is 2.88. The van der Waals surface area contributed by atoms with Crippen molar-refractivity contribution in [3.05, 3.63) is 0 Å². The van der Waals surface area contributed by atoms with E-state index in [1.165, 1.54) is 7.11 Å². The Kier molecular flexibility index (Phi) is 5.25. The van der Waals surface area contributed by atoms with Crippen LogP contribution in [0.2, 0.25) is 0 Å². The van der Waals surface area contributed by atoms with E-state index in [1.807, 2.05) is 0 Å². The van der Waals surface area contributed by atoms with Crippen molar-refractivity contribution in [1.82, 2.24) is 0 Å². The number of aliphatic hydroxyl groups excluding tert-OH is 1. The first-order valence-corrected chi connectivity index (χ1v) is 5.54. The predicted octanol–water partition coefficient (Wildman–Crippen LogP) is 0.501. The van der Waals surface area contributed by atoms with Crippen LogP contribution in [0.25, 0.3) is 0 Å². The van der Waals surface area contributed by atoms with Crippen LogP contribution >= 0.6 is 0 Å². The first-order valence-electron chi connectivity index (χ1n) is 5.54. The molecule has 1 N–H and O–H groups in total. The largest absolute Gasteiger partial charge is 0.469 e. The lowest BCUT2D eigenvalue weighted by Crippen LogP contribution is -2.29. The Morgan fingerprint density at radius 1 is 1.25 bits per heavy atom. The van der Waals surface area contributed by atoms with Gasteiger partial charge >= 0.3 is 11.9 Å². The summed E-state index contributed by atoms with van der Waals surface area (Å²) in [5.74, 6) is -0.989. The molecule has 0 saturated heterocycles. The minimum Gasteiger partial charge on any atom is -0.469 e. The molecule has 5 nitrogen and oxygen atoms in total. The maximum atomic E-state index is 11.5. The molecule has 16 heavy (non-hydrogen) atoms. The summed E-state index contributed by atoms with van der Waals surface area (Å²) < 4.78 is 9.52.